The first-order valence-corrected chi connectivity index (χ1v) is 11.6. The second-order valence-electron chi connectivity index (χ2n) is 8.08. The van der Waals surface area contributed by atoms with Crippen LogP contribution in [-0.2, 0) is 16.1 Å². The molecule has 1 saturated heterocycles. The summed E-state index contributed by atoms with van der Waals surface area (Å²) in [5.74, 6) is -1.44. The molecule has 184 valence electrons. The van der Waals surface area contributed by atoms with Gasteiger partial charge >= 0.3 is 0 Å². The van der Waals surface area contributed by atoms with E-state index in [0.29, 0.717) is 11.3 Å². The van der Waals surface area contributed by atoms with Crippen LogP contribution in [0.4, 0.5) is 0 Å². The van der Waals surface area contributed by atoms with Gasteiger partial charge in [0.25, 0.3) is 11.7 Å². The summed E-state index contributed by atoms with van der Waals surface area (Å²) in [6.07, 6.45) is 3.20. The van der Waals surface area contributed by atoms with E-state index in [1.165, 1.54) is 31.4 Å². The number of carbonyl (C=O) groups excluding carboxylic acids is 2. The summed E-state index contributed by atoms with van der Waals surface area (Å²) >= 11 is 12.8. The van der Waals surface area contributed by atoms with Crippen LogP contribution < -0.4 is 9.47 Å². The molecule has 10 heteroatoms. The zero-order chi connectivity index (χ0) is 25.6. The third-order valence-corrected chi connectivity index (χ3v) is 6.78. The second-order valence-corrected chi connectivity index (χ2v) is 8.87. The highest BCUT2D eigenvalue weighted by molar-refractivity contribution is 6.47. The van der Waals surface area contributed by atoms with Crippen LogP contribution in [0.2, 0.25) is 10.0 Å². The van der Waals surface area contributed by atoms with Gasteiger partial charge in [-0.2, -0.15) is 0 Å². The highest BCUT2D eigenvalue weighted by atomic mass is 35.5. The van der Waals surface area contributed by atoms with Gasteiger partial charge in [-0.3, -0.25) is 9.59 Å². The number of hydrogen-bond donors (Lipinski definition) is 2. The molecular formula is C26H20Cl2N2O6. The van der Waals surface area contributed by atoms with Gasteiger partial charge < -0.3 is 28.9 Å². The summed E-state index contributed by atoms with van der Waals surface area (Å²) in [7, 11) is 2.75. The predicted octanol–water partition coefficient (Wildman–Crippen LogP) is 5.71. The molecule has 8 nitrogen and oxygen atoms in total. The molecule has 5 rings (SSSR count). The van der Waals surface area contributed by atoms with Crippen molar-refractivity contribution >= 4 is 51.6 Å². The first-order chi connectivity index (χ1) is 17.4. The SMILES string of the molecule is COc1c(Cl)cc(/C(O)=C2\C(=O)C(=O)N(Cc3ccco3)C2c2c[nH]c3ccccc23)c(OC)c1Cl. The zero-order valence-electron chi connectivity index (χ0n) is 19.2. The molecule has 2 aromatic carbocycles. The number of rotatable bonds is 6. The van der Waals surface area contributed by atoms with E-state index in [1.54, 1.807) is 18.3 Å². The number of aliphatic hydroxyl groups is 1. The van der Waals surface area contributed by atoms with E-state index in [9.17, 15) is 14.7 Å². The van der Waals surface area contributed by atoms with Gasteiger partial charge in [-0.25, -0.2) is 0 Å². The molecule has 0 aliphatic carbocycles. The Morgan fingerprint density at radius 2 is 1.86 bits per heavy atom. The first-order valence-electron chi connectivity index (χ1n) is 10.8. The smallest absolute Gasteiger partial charge is 0.296 e. The molecule has 0 saturated carbocycles. The van der Waals surface area contributed by atoms with Gasteiger partial charge in [0.2, 0.25) is 0 Å². The normalized spacial score (nSPS) is 17.2. The number of para-hydroxylation sites is 1. The van der Waals surface area contributed by atoms with Gasteiger partial charge in [0.1, 0.15) is 16.5 Å². The number of nitrogens with zero attached hydrogens (tertiary/aromatic N) is 1. The summed E-state index contributed by atoms with van der Waals surface area (Å²) in [5, 5.41) is 12.4. The molecule has 0 bridgehead atoms. The number of likely N-dealkylation sites (tertiary alicyclic amines) is 1. The standard InChI is InChI=1S/C26H20Cl2N2O6/c1-34-24-15(10-17(27)25(35-2)20(24)28)22(31)19-21(16-11-29-18-8-4-3-7-14(16)18)30(26(33)23(19)32)12-13-6-5-9-36-13/h3-11,21,29,31H,12H2,1-2H3/b22-19+. The maximum atomic E-state index is 13.4. The highest BCUT2D eigenvalue weighted by Crippen LogP contribution is 2.48. The average Bonchev–Trinajstić information content (AvgIpc) is 3.59. The third kappa shape index (κ3) is 3.70. The number of furan rings is 1. The van der Waals surface area contributed by atoms with Crippen LogP contribution in [0.25, 0.3) is 16.7 Å². The number of carbonyl (C=O) groups is 2. The molecule has 0 spiro atoms. The van der Waals surface area contributed by atoms with Crippen molar-refractivity contribution in [3.63, 3.8) is 0 Å². The van der Waals surface area contributed by atoms with Crippen molar-refractivity contribution in [3.05, 3.63) is 87.4 Å². The van der Waals surface area contributed by atoms with E-state index in [-0.39, 0.29) is 39.2 Å². The lowest BCUT2D eigenvalue weighted by Gasteiger charge is -2.24. The van der Waals surface area contributed by atoms with Crippen LogP contribution in [0.5, 0.6) is 11.5 Å². The summed E-state index contributed by atoms with van der Waals surface area (Å²) in [6.45, 7) is 0.0137. The number of aromatic amines is 1. The van der Waals surface area contributed by atoms with E-state index >= 15 is 0 Å². The fraction of sp³-hybridized carbons (Fsp3) is 0.154. The fourth-order valence-electron chi connectivity index (χ4n) is 4.55. The number of H-pyrrole nitrogens is 1. The van der Waals surface area contributed by atoms with Crippen LogP contribution in [0.3, 0.4) is 0 Å². The van der Waals surface area contributed by atoms with Gasteiger partial charge in [0, 0.05) is 22.7 Å². The summed E-state index contributed by atoms with van der Waals surface area (Å²) in [4.78, 5) is 31.2. The zero-order valence-corrected chi connectivity index (χ0v) is 20.7. The van der Waals surface area contributed by atoms with Crippen molar-refractivity contribution in [1.82, 2.24) is 9.88 Å². The number of benzene rings is 2. The Morgan fingerprint density at radius 1 is 1.11 bits per heavy atom. The lowest BCUT2D eigenvalue weighted by atomic mass is 9.94. The molecule has 1 unspecified atom stereocenters. The van der Waals surface area contributed by atoms with E-state index in [1.807, 2.05) is 24.3 Å². The average molecular weight is 527 g/mol. The minimum atomic E-state index is -0.935. The van der Waals surface area contributed by atoms with Crippen LogP contribution in [0.15, 0.2) is 64.9 Å². The Hall–Kier alpha value is -3.88. The Labute approximate surface area is 215 Å². The topological polar surface area (TPSA) is 105 Å². The van der Waals surface area contributed by atoms with E-state index < -0.39 is 23.5 Å². The summed E-state index contributed by atoms with van der Waals surface area (Å²) in [5.41, 5.74) is 1.35. The molecule has 36 heavy (non-hydrogen) atoms. The molecule has 4 aromatic rings. The van der Waals surface area contributed by atoms with Crippen molar-refractivity contribution in [2.45, 2.75) is 12.6 Å². The van der Waals surface area contributed by atoms with Crippen molar-refractivity contribution in [1.29, 1.82) is 0 Å². The largest absolute Gasteiger partial charge is 0.507 e. The van der Waals surface area contributed by atoms with Crippen molar-refractivity contribution in [2.75, 3.05) is 14.2 Å². The maximum Gasteiger partial charge on any atom is 0.296 e. The number of ether oxygens (including phenoxy) is 2. The quantitative estimate of drug-likeness (QED) is 0.189. The number of halogens is 2. The Balaban J connectivity index is 1.77. The van der Waals surface area contributed by atoms with Gasteiger partial charge in [0.15, 0.2) is 11.5 Å². The molecule has 1 aliphatic rings. The Bertz CT molecular complexity index is 1520. The van der Waals surface area contributed by atoms with Gasteiger partial charge in [-0.1, -0.05) is 41.4 Å². The third-order valence-electron chi connectivity index (χ3n) is 6.16. The van der Waals surface area contributed by atoms with E-state index in [0.717, 1.165) is 10.9 Å². The number of hydrogen-bond acceptors (Lipinski definition) is 6. The summed E-state index contributed by atoms with van der Waals surface area (Å²) in [6, 6.07) is 11.3. The lowest BCUT2D eigenvalue weighted by molar-refractivity contribution is -0.140. The molecule has 1 aliphatic heterocycles. The maximum absolute atomic E-state index is 13.4. The van der Waals surface area contributed by atoms with Gasteiger partial charge in [-0.05, 0) is 24.3 Å². The number of ketones is 1. The van der Waals surface area contributed by atoms with Crippen LogP contribution >= 0.6 is 23.2 Å². The molecule has 1 atom stereocenters. The minimum absolute atomic E-state index is 0.0137. The molecule has 2 N–H and O–H groups in total. The number of methoxy groups -OCH3 is 2. The first kappa shape index (κ1) is 23.8. The van der Waals surface area contributed by atoms with E-state index in [2.05, 4.69) is 4.98 Å². The molecule has 2 aromatic heterocycles. The van der Waals surface area contributed by atoms with Gasteiger partial charge in [0.05, 0.1) is 49.2 Å². The minimum Gasteiger partial charge on any atom is -0.507 e. The van der Waals surface area contributed by atoms with Crippen molar-refractivity contribution in [3.8, 4) is 11.5 Å². The summed E-state index contributed by atoms with van der Waals surface area (Å²) < 4.78 is 16.1. The molecular weight excluding hydrogens is 507 g/mol. The number of aliphatic hydroxyl groups excluding tert-OH is 1. The Morgan fingerprint density at radius 3 is 2.56 bits per heavy atom. The highest BCUT2D eigenvalue weighted by Gasteiger charge is 2.47. The number of aromatic nitrogens is 1. The van der Waals surface area contributed by atoms with Crippen LogP contribution in [0, 0.1) is 0 Å². The van der Waals surface area contributed by atoms with Crippen LogP contribution in [-0.4, -0.2) is 40.9 Å². The number of Topliss-reactive ketones (excluding diaryl/α,β-unsaturated/α-hetero) is 1. The molecule has 1 fully saturated rings. The molecule has 3 heterocycles. The Kier molecular flexibility index (Phi) is 6.15. The van der Waals surface area contributed by atoms with Crippen molar-refractivity contribution in [2.24, 2.45) is 0 Å². The second kappa shape index (κ2) is 9.29. The lowest BCUT2D eigenvalue weighted by Crippen LogP contribution is -2.29. The molecule has 0 radical (unpaired) electrons. The number of nitrogens with one attached hydrogen (secondary N) is 1. The fourth-order valence-corrected chi connectivity index (χ4v) is 5.24. The predicted molar refractivity (Wildman–Crippen MR) is 134 cm³/mol. The molecule has 1 amide bonds. The number of fused-ring (bicyclic) bond motifs is 1. The van der Waals surface area contributed by atoms with Gasteiger partial charge in [-0.15, -0.1) is 0 Å². The van der Waals surface area contributed by atoms with Crippen molar-refractivity contribution < 1.29 is 28.6 Å². The van der Waals surface area contributed by atoms with E-state index in [4.69, 9.17) is 37.1 Å². The van der Waals surface area contributed by atoms with Crippen LogP contribution in [0.1, 0.15) is 22.9 Å². The monoisotopic (exact) mass is 526 g/mol. The number of amides is 1.